The molecule has 0 amide bonds. The first-order valence-corrected chi connectivity index (χ1v) is 9.06. The lowest BCUT2D eigenvalue weighted by Crippen LogP contribution is -2.36. The number of nitrogens with zero attached hydrogens (tertiary/aromatic N) is 1. The van der Waals surface area contributed by atoms with Crippen LogP contribution < -0.4 is 0 Å². The Morgan fingerprint density at radius 1 is 0.815 bits per heavy atom. The first-order chi connectivity index (χ1) is 13.2. The fourth-order valence-electron chi connectivity index (χ4n) is 3.22. The van der Waals surface area contributed by atoms with Crippen molar-refractivity contribution in [2.24, 2.45) is 4.99 Å². The summed E-state index contributed by atoms with van der Waals surface area (Å²) in [7, 11) is 1.41. The molecule has 3 aromatic carbocycles. The zero-order valence-electron chi connectivity index (χ0n) is 15.6. The predicted molar refractivity (Wildman–Crippen MR) is 109 cm³/mol. The standard InChI is InChI=1S/C24H23NO2/c1-3-24(23(26)27-2,21-17-11-6-12-18-21)25-22(19-13-7-4-8-14-19)20-15-9-5-10-16-20/h4-18H,3H2,1-2H3. The molecule has 0 N–H and O–H groups in total. The van der Waals surface area contributed by atoms with Crippen LogP contribution in [0.2, 0.25) is 0 Å². The second kappa shape index (κ2) is 8.45. The number of benzene rings is 3. The van der Waals surface area contributed by atoms with Crippen molar-refractivity contribution in [2.75, 3.05) is 7.11 Å². The molecule has 3 heteroatoms. The first-order valence-electron chi connectivity index (χ1n) is 9.06. The number of ether oxygens (including phenoxy) is 1. The normalized spacial score (nSPS) is 12.7. The van der Waals surface area contributed by atoms with Gasteiger partial charge in [0.2, 0.25) is 0 Å². The molecule has 0 saturated heterocycles. The van der Waals surface area contributed by atoms with Crippen molar-refractivity contribution < 1.29 is 9.53 Å². The molecular weight excluding hydrogens is 334 g/mol. The highest BCUT2D eigenvalue weighted by Gasteiger charge is 2.40. The van der Waals surface area contributed by atoms with E-state index in [1.807, 2.05) is 97.9 Å². The van der Waals surface area contributed by atoms with Crippen LogP contribution in [0.15, 0.2) is 96.0 Å². The third-order valence-corrected chi connectivity index (χ3v) is 4.68. The van der Waals surface area contributed by atoms with Crippen LogP contribution in [0.5, 0.6) is 0 Å². The van der Waals surface area contributed by atoms with Gasteiger partial charge in [0.05, 0.1) is 12.8 Å². The highest BCUT2D eigenvalue weighted by molar-refractivity contribution is 6.13. The second-order valence-corrected chi connectivity index (χ2v) is 6.26. The van der Waals surface area contributed by atoms with Crippen LogP contribution in [0.1, 0.15) is 30.0 Å². The summed E-state index contributed by atoms with van der Waals surface area (Å²) in [5, 5.41) is 0. The van der Waals surface area contributed by atoms with Gasteiger partial charge in [-0.15, -0.1) is 0 Å². The van der Waals surface area contributed by atoms with Crippen molar-refractivity contribution in [3.8, 4) is 0 Å². The van der Waals surface area contributed by atoms with E-state index >= 15 is 0 Å². The molecule has 3 rings (SSSR count). The van der Waals surface area contributed by atoms with Gasteiger partial charge in [-0.25, -0.2) is 4.79 Å². The minimum Gasteiger partial charge on any atom is -0.467 e. The third kappa shape index (κ3) is 3.82. The van der Waals surface area contributed by atoms with E-state index in [0.717, 1.165) is 22.4 Å². The van der Waals surface area contributed by atoms with Crippen LogP contribution in [0.25, 0.3) is 0 Å². The Kier molecular flexibility index (Phi) is 5.82. The van der Waals surface area contributed by atoms with Gasteiger partial charge in [-0.05, 0) is 12.0 Å². The second-order valence-electron chi connectivity index (χ2n) is 6.26. The van der Waals surface area contributed by atoms with Crippen LogP contribution in [0.4, 0.5) is 0 Å². The predicted octanol–water partition coefficient (Wildman–Crippen LogP) is 5.00. The number of methoxy groups -OCH3 is 1. The van der Waals surface area contributed by atoms with Crippen LogP contribution in [0.3, 0.4) is 0 Å². The number of rotatable bonds is 6. The fraction of sp³-hybridized carbons (Fsp3) is 0.167. The summed E-state index contributed by atoms with van der Waals surface area (Å²) in [5.41, 5.74) is 2.41. The van der Waals surface area contributed by atoms with Gasteiger partial charge in [0.25, 0.3) is 0 Å². The smallest absolute Gasteiger partial charge is 0.338 e. The highest BCUT2D eigenvalue weighted by atomic mass is 16.5. The number of hydrogen-bond donors (Lipinski definition) is 0. The molecule has 136 valence electrons. The summed E-state index contributed by atoms with van der Waals surface area (Å²) in [4.78, 5) is 18.0. The van der Waals surface area contributed by atoms with E-state index in [4.69, 9.17) is 9.73 Å². The maximum atomic E-state index is 12.9. The number of aliphatic imine (C=N–C) groups is 1. The van der Waals surface area contributed by atoms with E-state index in [9.17, 15) is 4.79 Å². The molecule has 0 heterocycles. The van der Waals surface area contributed by atoms with Crippen LogP contribution >= 0.6 is 0 Å². The average molecular weight is 357 g/mol. The van der Waals surface area contributed by atoms with Crippen molar-refractivity contribution in [1.82, 2.24) is 0 Å². The van der Waals surface area contributed by atoms with Gasteiger partial charge in [-0.2, -0.15) is 0 Å². The molecular formula is C24H23NO2. The summed E-state index contributed by atoms with van der Waals surface area (Å²) in [6.45, 7) is 1.96. The number of carbonyl (C=O) groups is 1. The maximum absolute atomic E-state index is 12.9. The molecule has 3 aromatic rings. The summed E-state index contributed by atoms with van der Waals surface area (Å²) in [6.07, 6.45) is 0.493. The third-order valence-electron chi connectivity index (χ3n) is 4.68. The van der Waals surface area contributed by atoms with Crippen LogP contribution in [-0.2, 0) is 15.1 Å². The number of esters is 1. The van der Waals surface area contributed by atoms with Gasteiger partial charge >= 0.3 is 5.97 Å². The largest absolute Gasteiger partial charge is 0.467 e. The Labute approximate surface area is 160 Å². The number of carbonyl (C=O) groups excluding carboxylic acids is 1. The van der Waals surface area contributed by atoms with Crippen molar-refractivity contribution in [3.05, 3.63) is 108 Å². The first kappa shape index (κ1) is 18.6. The van der Waals surface area contributed by atoms with Crippen molar-refractivity contribution in [3.63, 3.8) is 0 Å². The van der Waals surface area contributed by atoms with Gasteiger partial charge in [0.15, 0.2) is 5.54 Å². The van der Waals surface area contributed by atoms with Crippen LogP contribution in [-0.4, -0.2) is 18.8 Å². The van der Waals surface area contributed by atoms with Gasteiger partial charge in [0.1, 0.15) is 0 Å². The molecule has 0 spiro atoms. The Balaban J connectivity index is 2.28. The van der Waals surface area contributed by atoms with E-state index in [0.29, 0.717) is 6.42 Å². The lowest BCUT2D eigenvalue weighted by molar-refractivity contribution is -0.147. The molecule has 0 aliphatic rings. The molecule has 3 nitrogen and oxygen atoms in total. The van der Waals surface area contributed by atoms with Crippen molar-refractivity contribution in [1.29, 1.82) is 0 Å². The SMILES string of the molecule is CCC(N=C(c1ccccc1)c1ccccc1)(C(=O)OC)c1ccccc1. The van der Waals surface area contributed by atoms with E-state index in [1.165, 1.54) is 7.11 Å². The van der Waals surface area contributed by atoms with Crippen molar-refractivity contribution in [2.45, 2.75) is 18.9 Å². The van der Waals surface area contributed by atoms with E-state index in [-0.39, 0.29) is 5.97 Å². The topological polar surface area (TPSA) is 38.7 Å². The Morgan fingerprint density at radius 3 is 1.67 bits per heavy atom. The van der Waals surface area contributed by atoms with E-state index in [1.54, 1.807) is 0 Å². The summed E-state index contributed by atoms with van der Waals surface area (Å²) < 4.78 is 5.19. The van der Waals surface area contributed by atoms with E-state index in [2.05, 4.69) is 0 Å². The molecule has 0 fully saturated rings. The summed E-state index contributed by atoms with van der Waals surface area (Å²) in [6, 6.07) is 29.5. The van der Waals surface area contributed by atoms with E-state index < -0.39 is 5.54 Å². The minimum absolute atomic E-state index is 0.361. The molecule has 0 aliphatic carbocycles. The summed E-state index contributed by atoms with van der Waals surface area (Å²) in [5.74, 6) is -0.361. The molecule has 1 unspecified atom stereocenters. The minimum atomic E-state index is -1.10. The molecule has 0 radical (unpaired) electrons. The highest BCUT2D eigenvalue weighted by Crippen LogP contribution is 2.33. The zero-order valence-corrected chi connectivity index (χ0v) is 15.6. The maximum Gasteiger partial charge on any atom is 0.338 e. The monoisotopic (exact) mass is 357 g/mol. The Hall–Kier alpha value is -3.20. The Morgan fingerprint density at radius 2 is 1.26 bits per heavy atom. The van der Waals surface area contributed by atoms with Crippen LogP contribution in [0, 0.1) is 0 Å². The molecule has 0 aromatic heterocycles. The fourth-order valence-corrected chi connectivity index (χ4v) is 3.22. The van der Waals surface area contributed by atoms with Gasteiger partial charge in [-0.1, -0.05) is 97.9 Å². The average Bonchev–Trinajstić information content (AvgIpc) is 2.76. The zero-order chi connectivity index (χ0) is 19.1. The van der Waals surface area contributed by atoms with Crippen molar-refractivity contribution >= 4 is 11.7 Å². The Bertz CT molecular complexity index is 863. The molecule has 0 bridgehead atoms. The molecule has 0 saturated carbocycles. The lowest BCUT2D eigenvalue weighted by Gasteiger charge is -2.28. The molecule has 0 aliphatic heterocycles. The summed E-state index contributed by atoms with van der Waals surface area (Å²) >= 11 is 0. The van der Waals surface area contributed by atoms with Gasteiger partial charge in [-0.3, -0.25) is 4.99 Å². The molecule has 1 atom stereocenters. The van der Waals surface area contributed by atoms with Gasteiger partial charge in [0, 0.05) is 11.1 Å². The number of hydrogen-bond acceptors (Lipinski definition) is 3. The van der Waals surface area contributed by atoms with Gasteiger partial charge < -0.3 is 4.74 Å². The lowest BCUT2D eigenvalue weighted by atomic mass is 9.86. The quantitative estimate of drug-likeness (QED) is 0.460. The molecule has 27 heavy (non-hydrogen) atoms.